The Kier molecular flexibility index (Phi) is 2.92. The molecule has 0 bridgehead atoms. The predicted octanol–water partition coefficient (Wildman–Crippen LogP) is 3.14. The van der Waals surface area contributed by atoms with Gasteiger partial charge in [-0.1, -0.05) is 0 Å². The van der Waals surface area contributed by atoms with Crippen molar-refractivity contribution in [1.82, 2.24) is 9.78 Å². The summed E-state index contributed by atoms with van der Waals surface area (Å²) in [6, 6.07) is 6.48. The largest absolute Gasteiger partial charge is 0.270 e. The molecule has 0 aliphatic heterocycles. The second-order valence-electron chi connectivity index (χ2n) is 4.14. The first-order valence-electron chi connectivity index (χ1n) is 5.35. The lowest BCUT2D eigenvalue weighted by Crippen LogP contribution is -1.99. The van der Waals surface area contributed by atoms with Crippen molar-refractivity contribution >= 4 is 0 Å². The van der Waals surface area contributed by atoms with Crippen LogP contribution in [0.5, 0.6) is 0 Å². The number of aromatic nitrogens is 2. The fourth-order valence-corrected chi connectivity index (χ4v) is 1.59. The normalized spacial score (nSPS) is 10.5. The van der Waals surface area contributed by atoms with E-state index in [1.54, 1.807) is 16.9 Å². The zero-order chi connectivity index (χ0) is 12.4. The average molecular weight is 229 g/mol. The number of benzene rings is 1. The van der Waals surface area contributed by atoms with Gasteiger partial charge in [0.1, 0.15) is 5.82 Å². The van der Waals surface area contributed by atoms with Gasteiger partial charge in [0.25, 0.3) is 0 Å². The summed E-state index contributed by atoms with van der Waals surface area (Å²) >= 11 is 0. The summed E-state index contributed by atoms with van der Waals surface area (Å²) in [6.07, 6.45) is 3.52. The first-order valence-corrected chi connectivity index (χ1v) is 5.35. The van der Waals surface area contributed by atoms with Gasteiger partial charge in [-0.3, -0.25) is 4.68 Å². The Morgan fingerprint density at radius 3 is 2.65 bits per heavy atom. The Labute approximate surface area is 99.1 Å². The molecule has 3 nitrogen and oxygen atoms in total. The highest BCUT2D eigenvalue weighted by Gasteiger charge is 2.06. The van der Waals surface area contributed by atoms with E-state index in [9.17, 15) is 4.39 Å². The summed E-state index contributed by atoms with van der Waals surface area (Å²) < 4.78 is 15.1. The van der Waals surface area contributed by atoms with E-state index in [1.165, 1.54) is 12.1 Å². The third-order valence-corrected chi connectivity index (χ3v) is 2.49. The van der Waals surface area contributed by atoms with Crippen LogP contribution < -0.4 is 0 Å². The van der Waals surface area contributed by atoms with Crippen LogP contribution in [0.1, 0.15) is 25.5 Å². The van der Waals surface area contributed by atoms with E-state index in [4.69, 9.17) is 5.26 Å². The Morgan fingerprint density at radius 2 is 2.06 bits per heavy atom. The minimum atomic E-state index is -0.406. The summed E-state index contributed by atoms with van der Waals surface area (Å²) in [6.45, 7) is 4.03. The Bertz CT molecular complexity index is 579. The fourth-order valence-electron chi connectivity index (χ4n) is 1.59. The molecule has 0 N–H and O–H groups in total. The lowest BCUT2D eigenvalue weighted by atomic mass is 10.1. The van der Waals surface area contributed by atoms with Crippen LogP contribution in [0.25, 0.3) is 11.1 Å². The van der Waals surface area contributed by atoms with E-state index >= 15 is 0 Å². The second-order valence-corrected chi connectivity index (χ2v) is 4.14. The van der Waals surface area contributed by atoms with Crippen LogP contribution in [0.15, 0.2) is 30.6 Å². The van der Waals surface area contributed by atoms with Crippen LogP contribution in [-0.4, -0.2) is 9.78 Å². The molecule has 0 aliphatic carbocycles. The van der Waals surface area contributed by atoms with Gasteiger partial charge in [-0.15, -0.1) is 0 Å². The quantitative estimate of drug-likeness (QED) is 0.793. The minimum Gasteiger partial charge on any atom is -0.270 e. The first-order chi connectivity index (χ1) is 8.10. The van der Waals surface area contributed by atoms with Crippen LogP contribution in [0.4, 0.5) is 4.39 Å². The number of halogens is 1. The van der Waals surface area contributed by atoms with E-state index < -0.39 is 5.82 Å². The number of hydrogen-bond acceptors (Lipinski definition) is 2. The molecule has 0 saturated carbocycles. The highest BCUT2D eigenvalue weighted by Crippen LogP contribution is 2.22. The molecule has 0 atom stereocenters. The van der Waals surface area contributed by atoms with Crippen LogP contribution in [-0.2, 0) is 0 Å². The molecule has 0 spiro atoms. The molecule has 2 rings (SSSR count). The molecule has 4 heteroatoms. The molecular formula is C13H12FN3. The molecule has 0 aliphatic rings. The van der Waals surface area contributed by atoms with Gasteiger partial charge < -0.3 is 0 Å². The van der Waals surface area contributed by atoms with Gasteiger partial charge in [-0.25, -0.2) is 4.39 Å². The van der Waals surface area contributed by atoms with Gasteiger partial charge in [-0.05, 0) is 37.6 Å². The van der Waals surface area contributed by atoms with Crippen molar-refractivity contribution in [1.29, 1.82) is 5.26 Å². The van der Waals surface area contributed by atoms with Crippen LogP contribution in [0.3, 0.4) is 0 Å². The number of rotatable bonds is 2. The smallest absolute Gasteiger partial charge is 0.125 e. The molecule has 0 radical (unpaired) electrons. The van der Waals surface area contributed by atoms with Gasteiger partial charge in [0.2, 0.25) is 0 Å². The van der Waals surface area contributed by atoms with E-state index in [0.29, 0.717) is 11.1 Å². The Balaban J connectivity index is 2.45. The van der Waals surface area contributed by atoms with Crippen molar-refractivity contribution in [3.05, 3.63) is 42.0 Å². The van der Waals surface area contributed by atoms with Crippen molar-refractivity contribution in [3.8, 4) is 17.2 Å². The van der Waals surface area contributed by atoms with E-state index in [2.05, 4.69) is 5.10 Å². The number of nitriles is 1. The summed E-state index contributed by atoms with van der Waals surface area (Å²) in [7, 11) is 0. The Morgan fingerprint density at radius 1 is 1.29 bits per heavy atom. The van der Waals surface area contributed by atoms with Crippen molar-refractivity contribution in [2.75, 3.05) is 0 Å². The van der Waals surface area contributed by atoms with Crippen molar-refractivity contribution < 1.29 is 4.39 Å². The maximum atomic E-state index is 13.3. The van der Waals surface area contributed by atoms with Crippen molar-refractivity contribution in [2.24, 2.45) is 0 Å². The SMILES string of the molecule is CC(C)n1cc(-c2cc(F)cc(C#N)c2)cn1. The third kappa shape index (κ3) is 2.34. The van der Waals surface area contributed by atoms with E-state index in [1.807, 2.05) is 26.1 Å². The maximum absolute atomic E-state index is 13.3. The summed E-state index contributed by atoms with van der Waals surface area (Å²) in [5, 5.41) is 13.0. The minimum absolute atomic E-state index is 0.257. The number of hydrogen-bond donors (Lipinski definition) is 0. The van der Waals surface area contributed by atoms with Gasteiger partial charge in [0.05, 0.1) is 17.8 Å². The number of nitrogens with zero attached hydrogens (tertiary/aromatic N) is 3. The lowest BCUT2D eigenvalue weighted by molar-refractivity contribution is 0.532. The van der Waals surface area contributed by atoms with Crippen LogP contribution in [0, 0.1) is 17.1 Å². The molecule has 0 fully saturated rings. The first kappa shape index (κ1) is 11.3. The van der Waals surface area contributed by atoms with Gasteiger partial charge in [-0.2, -0.15) is 10.4 Å². The highest BCUT2D eigenvalue weighted by molar-refractivity contribution is 5.63. The molecule has 0 unspecified atom stereocenters. The zero-order valence-electron chi connectivity index (χ0n) is 9.68. The standard InChI is InChI=1S/C13H12FN3/c1-9(2)17-8-12(7-16-17)11-3-10(6-15)4-13(14)5-11/h3-5,7-9H,1-2H3. The van der Waals surface area contributed by atoms with Crippen molar-refractivity contribution in [2.45, 2.75) is 19.9 Å². The fraction of sp³-hybridized carbons (Fsp3) is 0.231. The van der Waals surface area contributed by atoms with Gasteiger partial charge in [0.15, 0.2) is 0 Å². The summed E-state index contributed by atoms with van der Waals surface area (Å²) in [5.74, 6) is -0.406. The van der Waals surface area contributed by atoms with Gasteiger partial charge in [0, 0.05) is 17.8 Å². The molecule has 1 heterocycles. The molecule has 86 valence electrons. The summed E-state index contributed by atoms with van der Waals surface area (Å²) in [5.41, 5.74) is 1.81. The lowest BCUT2D eigenvalue weighted by Gasteiger charge is -2.03. The zero-order valence-corrected chi connectivity index (χ0v) is 9.68. The molecule has 17 heavy (non-hydrogen) atoms. The molecule has 1 aromatic carbocycles. The summed E-state index contributed by atoms with van der Waals surface area (Å²) in [4.78, 5) is 0. The van der Waals surface area contributed by atoms with Crippen LogP contribution in [0.2, 0.25) is 0 Å². The molecule has 1 aromatic heterocycles. The van der Waals surface area contributed by atoms with E-state index in [-0.39, 0.29) is 6.04 Å². The second kappa shape index (κ2) is 4.38. The van der Waals surface area contributed by atoms with Crippen LogP contribution >= 0.6 is 0 Å². The van der Waals surface area contributed by atoms with E-state index in [0.717, 1.165) is 5.56 Å². The highest BCUT2D eigenvalue weighted by atomic mass is 19.1. The van der Waals surface area contributed by atoms with Gasteiger partial charge >= 0.3 is 0 Å². The molecule has 0 saturated heterocycles. The van der Waals surface area contributed by atoms with Crippen molar-refractivity contribution in [3.63, 3.8) is 0 Å². The average Bonchev–Trinajstić information content (AvgIpc) is 2.77. The Hall–Kier alpha value is -2.15. The monoisotopic (exact) mass is 229 g/mol. The maximum Gasteiger partial charge on any atom is 0.125 e. The molecule has 2 aromatic rings. The third-order valence-electron chi connectivity index (χ3n) is 2.49. The topological polar surface area (TPSA) is 41.6 Å². The molecular weight excluding hydrogens is 217 g/mol. The molecule has 0 amide bonds. The predicted molar refractivity (Wildman–Crippen MR) is 62.7 cm³/mol.